The summed E-state index contributed by atoms with van der Waals surface area (Å²) in [7, 11) is 2.00. The van der Waals surface area contributed by atoms with E-state index in [2.05, 4.69) is 20.8 Å². The quantitative estimate of drug-likeness (QED) is 0.916. The summed E-state index contributed by atoms with van der Waals surface area (Å²) in [5, 5.41) is 8.91. The van der Waals surface area contributed by atoms with Crippen molar-refractivity contribution >= 4 is 21.9 Å². The van der Waals surface area contributed by atoms with Crippen LogP contribution in [0.3, 0.4) is 0 Å². The molecule has 0 saturated heterocycles. The Morgan fingerprint density at radius 2 is 2.16 bits per heavy atom. The average molecular weight is 324 g/mol. The minimum Gasteiger partial charge on any atom is -0.478 e. The van der Waals surface area contributed by atoms with Crippen molar-refractivity contribution in [3.63, 3.8) is 0 Å². The van der Waals surface area contributed by atoms with Crippen molar-refractivity contribution in [2.24, 2.45) is 0 Å². The molecule has 0 aliphatic rings. The zero-order valence-corrected chi connectivity index (χ0v) is 12.1. The lowest BCUT2D eigenvalue weighted by Crippen LogP contribution is -2.17. The Morgan fingerprint density at radius 3 is 2.74 bits per heavy atom. The molecule has 100 valence electrons. The molecule has 2 aromatic rings. The molecule has 0 fully saturated rings. The second-order valence-corrected chi connectivity index (χ2v) is 5.27. The van der Waals surface area contributed by atoms with Gasteiger partial charge in [-0.25, -0.2) is 4.79 Å². The number of aromatic carboxylic acids is 1. The van der Waals surface area contributed by atoms with Gasteiger partial charge in [-0.2, -0.15) is 0 Å². The molecule has 0 aliphatic carbocycles. The molecule has 0 radical (unpaired) electrons. The number of hydrogen-bond donors (Lipinski definition) is 1. The first-order chi connectivity index (χ1) is 9.06. The molecule has 0 amide bonds. The highest BCUT2D eigenvalue weighted by atomic mass is 79.9. The number of furan rings is 1. The van der Waals surface area contributed by atoms with Crippen LogP contribution >= 0.6 is 15.9 Å². The maximum atomic E-state index is 10.9. The van der Waals surface area contributed by atoms with E-state index in [1.165, 1.54) is 0 Å². The summed E-state index contributed by atoms with van der Waals surface area (Å²) >= 11 is 3.41. The lowest BCUT2D eigenvalue weighted by Gasteiger charge is -2.16. The van der Waals surface area contributed by atoms with Gasteiger partial charge in [0.25, 0.3) is 0 Å². The number of hydrogen-bond acceptors (Lipinski definition) is 3. The Morgan fingerprint density at radius 1 is 1.37 bits per heavy atom. The summed E-state index contributed by atoms with van der Waals surface area (Å²) in [6.45, 7) is 1.51. The molecule has 19 heavy (non-hydrogen) atoms. The van der Waals surface area contributed by atoms with Crippen LogP contribution in [-0.4, -0.2) is 23.0 Å². The number of nitrogens with zero attached hydrogens (tertiary/aromatic N) is 1. The highest BCUT2D eigenvalue weighted by Crippen LogP contribution is 2.20. The molecule has 2 rings (SSSR count). The zero-order chi connectivity index (χ0) is 13.8. The number of rotatable bonds is 5. The fraction of sp³-hybridized carbons (Fsp3) is 0.214. The van der Waals surface area contributed by atoms with E-state index in [-0.39, 0.29) is 5.56 Å². The van der Waals surface area contributed by atoms with Crippen molar-refractivity contribution in [1.82, 2.24) is 4.90 Å². The van der Waals surface area contributed by atoms with Gasteiger partial charge < -0.3 is 9.52 Å². The molecule has 0 spiro atoms. The monoisotopic (exact) mass is 323 g/mol. The molecule has 0 aliphatic heterocycles. The van der Waals surface area contributed by atoms with Gasteiger partial charge in [-0.15, -0.1) is 0 Å². The fourth-order valence-corrected chi connectivity index (χ4v) is 2.35. The third-order valence-corrected chi connectivity index (χ3v) is 3.51. The van der Waals surface area contributed by atoms with Crippen molar-refractivity contribution in [2.45, 2.75) is 13.1 Å². The van der Waals surface area contributed by atoms with Gasteiger partial charge in [-0.3, -0.25) is 4.90 Å². The first kappa shape index (κ1) is 13.8. The van der Waals surface area contributed by atoms with Crippen LogP contribution in [0.5, 0.6) is 0 Å². The summed E-state index contributed by atoms with van der Waals surface area (Å²) in [5.74, 6) is -0.918. The van der Waals surface area contributed by atoms with Gasteiger partial charge in [-0.1, -0.05) is 22.0 Å². The number of benzene rings is 1. The van der Waals surface area contributed by atoms with Crippen LogP contribution in [-0.2, 0) is 13.1 Å². The van der Waals surface area contributed by atoms with Crippen LogP contribution in [0.1, 0.15) is 21.5 Å². The SMILES string of the molecule is CN(Cc1ccoc1)Cc1ccc(C(=O)O)cc1Br. The van der Waals surface area contributed by atoms with Crippen LogP contribution in [0.2, 0.25) is 0 Å². The lowest BCUT2D eigenvalue weighted by atomic mass is 10.1. The van der Waals surface area contributed by atoms with E-state index in [4.69, 9.17) is 9.52 Å². The molecule has 1 aromatic carbocycles. The van der Waals surface area contributed by atoms with E-state index in [1.54, 1.807) is 24.7 Å². The molecule has 0 atom stereocenters. The summed E-state index contributed by atoms with van der Waals surface area (Å²) < 4.78 is 5.84. The fourth-order valence-electron chi connectivity index (χ4n) is 1.85. The molecular formula is C14H14BrNO3. The van der Waals surface area contributed by atoms with E-state index >= 15 is 0 Å². The number of carbonyl (C=O) groups is 1. The van der Waals surface area contributed by atoms with Crippen LogP contribution in [0.25, 0.3) is 0 Å². The third-order valence-electron chi connectivity index (χ3n) is 2.77. The number of halogens is 1. The summed E-state index contributed by atoms with van der Waals surface area (Å²) in [4.78, 5) is 13.0. The molecule has 5 heteroatoms. The van der Waals surface area contributed by atoms with Gasteiger partial charge >= 0.3 is 5.97 Å². The molecule has 1 aromatic heterocycles. The van der Waals surface area contributed by atoms with Crippen molar-refractivity contribution in [3.8, 4) is 0 Å². The average Bonchev–Trinajstić information content (AvgIpc) is 2.84. The van der Waals surface area contributed by atoms with Gasteiger partial charge in [0.1, 0.15) is 0 Å². The van der Waals surface area contributed by atoms with Crippen LogP contribution in [0, 0.1) is 0 Å². The molecule has 4 nitrogen and oxygen atoms in total. The van der Waals surface area contributed by atoms with E-state index in [1.807, 2.05) is 19.2 Å². The number of carboxylic acids is 1. The Balaban J connectivity index is 2.04. The van der Waals surface area contributed by atoms with Gasteiger partial charge in [0.2, 0.25) is 0 Å². The normalized spacial score (nSPS) is 10.9. The molecule has 0 saturated carbocycles. The van der Waals surface area contributed by atoms with Crippen LogP contribution in [0.15, 0.2) is 45.7 Å². The first-order valence-corrected chi connectivity index (χ1v) is 6.57. The van der Waals surface area contributed by atoms with Crippen molar-refractivity contribution < 1.29 is 14.3 Å². The van der Waals surface area contributed by atoms with Gasteiger partial charge in [0, 0.05) is 23.1 Å². The topological polar surface area (TPSA) is 53.7 Å². The summed E-state index contributed by atoms with van der Waals surface area (Å²) in [5.41, 5.74) is 2.45. The largest absolute Gasteiger partial charge is 0.478 e. The van der Waals surface area contributed by atoms with Crippen LogP contribution in [0.4, 0.5) is 0 Å². The zero-order valence-electron chi connectivity index (χ0n) is 10.5. The third kappa shape index (κ3) is 3.68. The lowest BCUT2D eigenvalue weighted by molar-refractivity contribution is 0.0697. The van der Waals surface area contributed by atoms with Gasteiger partial charge in [-0.05, 0) is 30.8 Å². The van der Waals surface area contributed by atoms with Crippen LogP contribution < -0.4 is 0 Å². The van der Waals surface area contributed by atoms with E-state index in [0.29, 0.717) is 0 Å². The van der Waals surface area contributed by atoms with Crippen molar-refractivity contribution in [3.05, 3.63) is 58.0 Å². The summed E-state index contributed by atoms with van der Waals surface area (Å²) in [6.07, 6.45) is 3.37. The van der Waals surface area contributed by atoms with Gasteiger partial charge in [0.15, 0.2) is 0 Å². The minimum absolute atomic E-state index is 0.285. The Labute approximate surface area is 119 Å². The van der Waals surface area contributed by atoms with E-state index in [9.17, 15) is 4.79 Å². The predicted octanol–water partition coefficient (Wildman–Crippen LogP) is 3.37. The van der Waals surface area contributed by atoms with Crippen molar-refractivity contribution in [2.75, 3.05) is 7.05 Å². The Bertz CT molecular complexity index is 566. The molecule has 0 bridgehead atoms. The predicted molar refractivity (Wildman–Crippen MR) is 75.0 cm³/mol. The maximum Gasteiger partial charge on any atom is 0.335 e. The van der Waals surface area contributed by atoms with Crippen molar-refractivity contribution in [1.29, 1.82) is 0 Å². The second kappa shape index (κ2) is 6.04. The minimum atomic E-state index is -0.918. The highest BCUT2D eigenvalue weighted by molar-refractivity contribution is 9.10. The summed E-state index contributed by atoms with van der Waals surface area (Å²) in [6, 6.07) is 7.01. The smallest absolute Gasteiger partial charge is 0.335 e. The molecular weight excluding hydrogens is 310 g/mol. The van der Waals surface area contributed by atoms with Gasteiger partial charge in [0.05, 0.1) is 18.1 Å². The van der Waals surface area contributed by atoms with E-state index in [0.717, 1.165) is 28.7 Å². The maximum absolute atomic E-state index is 10.9. The Hall–Kier alpha value is -1.59. The standard InChI is InChI=1S/C14H14BrNO3/c1-16(7-10-4-5-19-9-10)8-12-3-2-11(14(17)18)6-13(12)15/h2-6,9H,7-8H2,1H3,(H,17,18). The second-order valence-electron chi connectivity index (χ2n) is 4.42. The molecule has 0 unspecified atom stereocenters. The first-order valence-electron chi connectivity index (χ1n) is 5.77. The number of carboxylic acid groups (broad SMARTS) is 1. The Kier molecular flexibility index (Phi) is 4.39. The molecule has 1 N–H and O–H groups in total. The molecule has 1 heterocycles. The highest BCUT2D eigenvalue weighted by Gasteiger charge is 2.09. The van der Waals surface area contributed by atoms with E-state index < -0.39 is 5.97 Å².